The number of hydrogen-bond acceptors (Lipinski definition) is 10. The second-order valence-corrected chi connectivity index (χ2v) is 10.3. The van der Waals surface area contributed by atoms with Crippen molar-refractivity contribution in [2.45, 2.75) is 68.7 Å². The van der Waals surface area contributed by atoms with Gasteiger partial charge >= 0.3 is 12.1 Å². The number of aromatic nitrogens is 4. The third-order valence-electron chi connectivity index (χ3n) is 7.43. The summed E-state index contributed by atoms with van der Waals surface area (Å²) < 4.78 is 13.1. The summed E-state index contributed by atoms with van der Waals surface area (Å²) in [6.45, 7) is -0.368. The lowest BCUT2D eigenvalue weighted by atomic mass is 9.93. The first-order valence-electron chi connectivity index (χ1n) is 13.0. The molecule has 2 aromatic heterocycles. The second kappa shape index (κ2) is 13.3. The summed E-state index contributed by atoms with van der Waals surface area (Å²) in [7, 11) is 0. The fraction of sp³-hybridized carbons (Fsp3) is 0.464. The molecule has 1 unspecified atom stereocenters. The molecule has 5 rings (SSSR count). The van der Waals surface area contributed by atoms with E-state index in [1.165, 1.54) is 23.7 Å². The number of hydrogen-bond donors (Lipinski definition) is 3. The molecule has 3 heterocycles. The van der Waals surface area contributed by atoms with Crippen molar-refractivity contribution in [1.82, 2.24) is 19.5 Å². The first-order valence-corrected chi connectivity index (χ1v) is 13.4. The smallest absolute Gasteiger partial charge is 0.373 e. The summed E-state index contributed by atoms with van der Waals surface area (Å²) in [5, 5.41) is 32.0. The summed E-state index contributed by atoms with van der Waals surface area (Å²) in [6, 6.07) is 9.02. The number of carbonyl (C=O) groups excluding carboxylic acids is 2. The van der Waals surface area contributed by atoms with Gasteiger partial charge in [0.05, 0.1) is 18.6 Å². The van der Waals surface area contributed by atoms with Crippen LogP contribution in [0.5, 0.6) is 0 Å². The Morgan fingerprint density at radius 3 is 2.56 bits per heavy atom. The van der Waals surface area contributed by atoms with Crippen LogP contribution < -0.4 is 0 Å². The molecule has 3 N–H and O–H groups in total. The van der Waals surface area contributed by atoms with Crippen LogP contribution in [0.15, 0.2) is 36.7 Å². The first-order chi connectivity index (χ1) is 19.7. The maximum Gasteiger partial charge on any atom is 0.373 e. The average molecular weight is 585 g/mol. The van der Waals surface area contributed by atoms with Gasteiger partial charge in [-0.25, -0.2) is 14.8 Å². The van der Waals surface area contributed by atoms with Gasteiger partial charge in [-0.1, -0.05) is 61.9 Å². The predicted molar refractivity (Wildman–Crippen MR) is 142 cm³/mol. The number of benzene rings is 1. The Morgan fingerprint density at radius 1 is 1.24 bits per heavy atom. The highest BCUT2D eigenvalue weighted by Gasteiger charge is 2.56. The van der Waals surface area contributed by atoms with Crippen molar-refractivity contribution in [3.63, 3.8) is 0 Å². The molecule has 13 heteroatoms. The minimum atomic E-state index is -2.15. The number of aliphatic hydroxyl groups is 2. The molecule has 1 aliphatic carbocycles. The lowest BCUT2D eigenvalue weighted by Gasteiger charge is -2.26. The average Bonchev–Trinajstić information content (AvgIpc) is 3.67. The lowest BCUT2D eigenvalue weighted by Crippen LogP contribution is -2.48. The van der Waals surface area contributed by atoms with E-state index in [1.807, 2.05) is 6.07 Å². The Bertz CT molecular complexity index is 1430. The molecule has 1 saturated carbocycles. The number of imidazole rings is 1. The summed E-state index contributed by atoms with van der Waals surface area (Å²) in [6.07, 6.45) is 7.56. The predicted octanol–water partition coefficient (Wildman–Crippen LogP) is 1.96. The monoisotopic (exact) mass is 584 g/mol. The third-order valence-corrected chi connectivity index (χ3v) is 7.60. The van der Waals surface area contributed by atoms with Gasteiger partial charge in [0.15, 0.2) is 23.6 Å². The van der Waals surface area contributed by atoms with E-state index in [4.69, 9.17) is 37.1 Å². The molecule has 1 aliphatic heterocycles. The number of ether oxygens (including phenoxy) is 2. The van der Waals surface area contributed by atoms with Crippen molar-refractivity contribution in [3.05, 3.63) is 53.2 Å². The Labute approximate surface area is 240 Å². The fourth-order valence-electron chi connectivity index (χ4n) is 5.33. The van der Waals surface area contributed by atoms with Gasteiger partial charge in [-0.2, -0.15) is 14.6 Å². The topological polar surface area (TPSA) is 174 Å². The largest absolute Gasteiger partial charge is 0.479 e. The molecule has 2 aliphatic rings. The van der Waals surface area contributed by atoms with Crippen LogP contribution in [0.25, 0.3) is 11.2 Å². The molecule has 5 atom stereocenters. The molecule has 41 heavy (non-hydrogen) atoms. The Hall–Kier alpha value is -3.69. The maximum atomic E-state index is 11.8. The number of fused-ring (bicyclic) bond motifs is 1. The number of halogens is 1. The highest BCUT2D eigenvalue weighted by atomic mass is 35.5. The molecule has 3 aromatic rings. The Morgan fingerprint density at radius 2 is 1.93 bits per heavy atom. The van der Waals surface area contributed by atoms with Gasteiger partial charge in [0.1, 0.15) is 17.7 Å². The van der Waals surface area contributed by atoms with Gasteiger partial charge < -0.3 is 24.8 Å². The van der Waals surface area contributed by atoms with Crippen molar-refractivity contribution in [2.75, 3.05) is 6.61 Å². The number of terminal acetylenes is 1. The maximum absolute atomic E-state index is 11.8. The van der Waals surface area contributed by atoms with Gasteiger partial charge in [-0.15, -0.1) is 6.42 Å². The van der Waals surface area contributed by atoms with E-state index in [9.17, 15) is 20.1 Å². The van der Waals surface area contributed by atoms with Gasteiger partial charge in [-0.3, -0.25) is 4.57 Å². The molecule has 0 bridgehead atoms. The fourth-order valence-corrected chi connectivity index (χ4v) is 5.51. The van der Waals surface area contributed by atoms with E-state index < -0.39 is 36.1 Å². The van der Waals surface area contributed by atoms with Gasteiger partial charge in [-0.05, 0) is 29.5 Å². The van der Waals surface area contributed by atoms with E-state index in [-0.39, 0.29) is 24.5 Å². The summed E-state index contributed by atoms with van der Waals surface area (Å²) in [5.41, 5.74) is 0.216. The molecule has 216 valence electrons. The number of carboxylic acid groups (broad SMARTS) is 1. The quantitative estimate of drug-likeness (QED) is 0.248. The zero-order valence-electron chi connectivity index (χ0n) is 21.9. The van der Waals surface area contributed by atoms with Crippen molar-refractivity contribution in [1.29, 1.82) is 0 Å². The SMILES string of the molecule is C#C[C@@]1(O)[C@@H](COC(Cc2ccccc2)C(=O)O)O[C@@H](n2cnc3c(CC4CCCC4)nc(Cl)nc32)[C@@H]1O.O=C=O. The summed E-state index contributed by atoms with van der Waals surface area (Å²) in [5.74, 6) is 1.54. The minimum Gasteiger partial charge on any atom is -0.479 e. The van der Waals surface area contributed by atoms with Crippen LogP contribution in [0.1, 0.15) is 43.2 Å². The van der Waals surface area contributed by atoms with E-state index in [0.717, 1.165) is 24.1 Å². The van der Waals surface area contributed by atoms with Gasteiger partial charge in [0.25, 0.3) is 0 Å². The van der Waals surface area contributed by atoms with Crippen LogP contribution in [0.4, 0.5) is 0 Å². The normalized spacial score (nSPS) is 24.8. The van der Waals surface area contributed by atoms with Crippen LogP contribution in [-0.2, 0) is 36.7 Å². The molecular weight excluding hydrogens is 556 g/mol. The number of rotatable bonds is 9. The molecule has 12 nitrogen and oxygen atoms in total. The van der Waals surface area contributed by atoms with Crippen LogP contribution in [0, 0.1) is 18.3 Å². The molecule has 0 amide bonds. The van der Waals surface area contributed by atoms with E-state index >= 15 is 0 Å². The van der Waals surface area contributed by atoms with Crippen molar-refractivity contribution >= 4 is 34.9 Å². The van der Waals surface area contributed by atoms with Crippen LogP contribution in [0.3, 0.4) is 0 Å². The summed E-state index contributed by atoms with van der Waals surface area (Å²) >= 11 is 6.25. The minimum absolute atomic E-state index is 0.0389. The van der Waals surface area contributed by atoms with E-state index in [1.54, 1.807) is 24.3 Å². The van der Waals surface area contributed by atoms with Gasteiger partial charge in [0.2, 0.25) is 5.28 Å². The number of nitrogens with zero attached hydrogens (tertiary/aromatic N) is 4. The lowest BCUT2D eigenvalue weighted by molar-refractivity contribution is -0.191. The van der Waals surface area contributed by atoms with E-state index in [2.05, 4.69) is 20.9 Å². The molecule has 1 aromatic carbocycles. The Kier molecular flexibility index (Phi) is 9.83. The van der Waals surface area contributed by atoms with Crippen molar-refractivity contribution in [2.24, 2.45) is 5.92 Å². The first kappa shape index (κ1) is 30.3. The van der Waals surface area contributed by atoms with E-state index in [0.29, 0.717) is 23.5 Å². The molecular formula is C28H29ClN4O8. The number of aliphatic carboxylic acids is 1. The van der Waals surface area contributed by atoms with Crippen LogP contribution in [-0.4, -0.2) is 77.5 Å². The number of carboxylic acids is 1. The highest BCUT2D eigenvalue weighted by Crippen LogP contribution is 2.39. The molecule has 0 spiro atoms. The second-order valence-electron chi connectivity index (χ2n) is 9.98. The molecule has 0 radical (unpaired) electrons. The van der Waals surface area contributed by atoms with Gasteiger partial charge in [0, 0.05) is 6.42 Å². The molecule has 2 fully saturated rings. The standard InChI is InChI=1S/C27H29ClN4O6.CO2/c1-2-27(36)20(14-37-19(25(34)35)13-17-8-4-3-5-9-17)38-24(22(27)33)32-15-29-21-18(12-16-10-6-7-11-16)30-26(28)31-23(21)32;2-1-3/h1,3-5,8-9,15-16,19-20,22,24,33,36H,6-7,10-14H2,(H,34,35);/t19?,20-,22+,24-,27-;/m1./s1. The zero-order valence-corrected chi connectivity index (χ0v) is 22.7. The number of aliphatic hydroxyl groups excluding tert-OH is 1. The van der Waals surface area contributed by atoms with Crippen LogP contribution in [0.2, 0.25) is 5.28 Å². The van der Waals surface area contributed by atoms with Crippen molar-refractivity contribution in [3.8, 4) is 12.3 Å². The highest BCUT2D eigenvalue weighted by molar-refractivity contribution is 6.28. The van der Waals surface area contributed by atoms with Crippen molar-refractivity contribution < 1.29 is 39.2 Å². The zero-order chi connectivity index (χ0) is 29.6. The number of carbonyl (C=O) groups is 1. The third kappa shape index (κ3) is 6.63. The summed E-state index contributed by atoms with van der Waals surface area (Å²) in [4.78, 5) is 41.3. The Balaban J connectivity index is 0.00000124. The molecule has 1 saturated heterocycles. The van der Waals surface area contributed by atoms with Crippen LogP contribution >= 0.6 is 11.6 Å².